The third-order valence-corrected chi connectivity index (χ3v) is 5.04. The lowest BCUT2D eigenvalue weighted by atomic mass is 9.46. The van der Waals surface area contributed by atoms with Crippen LogP contribution in [0.3, 0.4) is 0 Å². The number of hydrogen-bond donors (Lipinski definition) is 2. The molecule has 0 aromatic heterocycles. The minimum absolute atomic E-state index is 0.140. The Labute approximate surface area is 93.6 Å². The van der Waals surface area contributed by atoms with Crippen LogP contribution in [0.2, 0.25) is 0 Å². The molecule has 4 aliphatic carbocycles. The minimum Gasteiger partial charge on any atom is -0.365 e. The number of aliphatic hydroxyl groups is 2. The van der Waals surface area contributed by atoms with Crippen LogP contribution in [0.4, 0.5) is 0 Å². The molecular weight excluding hydrogens is 210 g/mol. The molecule has 4 fully saturated rings. The molecule has 90 valence electrons. The predicted octanol–water partition coefficient (Wildman–Crippen LogP) is 0.770. The molecule has 4 aliphatic rings. The molecule has 16 heavy (non-hydrogen) atoms. The van der Waals surface area contributed by atoms with Gasteiger partial charge in [-0.3, -0.25) is 10.1 Å². The fourth-order valence-corrected chi connectivity index (χ4v) is 4.64. The lowest BCUT2D eigenvalue weighted by molar-refractivity contribution is -0.524. The summed E-state index contributed by atoms with van der Waals surface area (Å²) in [5.74, 6) is -0.999. The van der Waals surface area contributed by atoms with E-state index in [1.165, 1.54) is 0 Å². The summed E-state index contributed by atoms with van der Waals surface area (Å²) in [7, 11) is 0. The van der Waals surface area contributed by atoms with Crippen molar-refractivity contribution in [3.63, 3.8) is 0 Å². The Hall–Kier alpha value is -0.680. The number of nitrogens with zero attached hydrogens (tertiary/aromatic N) is 1. The summed E-state index contributed by atoms with van der Waals surface area (Å²) < 4.78 is 0. The van der Waals surface area contributed by atoms with Gasteiger partial charge >= 0.3 is 0 Å². The highest BCUT2D eigenvalue weighted by atomic mass is 16.6. The van der Waals surface area contributed by atoms with Crippen molar-refractivity contribution >= 4 is 0 Å². The summed E-state index contributed by atoms with van der Waals surface area (Å²) in [5.41, 5.74) is -0.870. The van der Waals surface area contributed by atoms with Gasteiger partial charge in [-0.2, -0.15) is 0 Å². The van der Waals surface area contributed by atoms with Crippen LogP contribution in [0.15, 0.2) is 0 Å². The van der Waals surface area contributed by atoms with Gasteiger partial charge in [-0.25, -0.2) is 0 Å². The molecule has 0 aromatic carbocycles. The average molecular weight is 227 g/mol. The highest BCUT2D eigenvalue weighted by Gasteiger charge is 2.67. The zero-order valence-corrected chi connectivity index (χ0v) is 9.13. The minimum atomic E-state index is -1.81. The van der Waals surface area contributed by atoms with Crippen molar-refractivity contribution in [2.75, 3.05) is 6.54 Å². The Balaban J connectivity index is 1.98. The van der Waals surface area contributed by atoms with E-state index in [1.807, 2.05) is 0 Å². The molecule has 0 aliphatic heterocycles. The Morgan fingerprint density at radius 2 is 1.75 bits per heavy atom. The van der Waals surface area contributed by atoms with Gasteiger partial charge in [-0.15, -0.1) is 0 Å². The molecule has 4 rings (SSSR count). The second kappa shape index (κ2) is 2.96. The van der Waals surface area contributed by atoms with E-state index < -0.39 is 11.2 Å². The summed E-state index contributed by atoms with van der Waals surface area (Å²) >= 11 is 0. The largest absolute Gasteiger partial charge is 0.365 e. The first kappa shape index (κ1) is 10.5. The van der Waals surface area contributed by atoms with Crippen molar-refractivity contribution in [1.29, 1.82) is 0 Å². The zero-order chi connectivity index (χ0) is 11.6. The lowest BCUT2D eigenvalue weighted by Crippen LogP contribution is -2.66. The Kier molecular flexibility index (Phi) is 1.93. The fraction of sp³-hybridized carbons (Fsp3) is 1.00. The predicted molar refractivity (Wildman–Crippen MR) is 55.0 cm³/mol. The van der Waals surface area contributed by atoms with E-state index in [1.54, 1.807) is 0 Å². The van der Waals surface area contributed by atoms with Crippen molar-refractivity contribution in [1.82, 2.24) is 0 Å². The Morgan fingerprint density at radius 3 is 2.25 bits per heavy atom. The van der Waals surface area contributed by atoms with Gasteiger partial charge in [0.1, 0.15) is 0 Å². The van der Waals surface area contributed by atoms with Crippen molar-refractivity contribution in [2.24, 2.45) is 23.2 Å². The van der Waals surface area contributed by atoms with E-state index in [2.05, 4.69) is 0 Å². The lowest BCUT2D eigenvalue weighted by Gasteiger charge is -2.61. The van der Waals surface area contributed by atoms with Crippen molar-refractivity contribution < 1.29 is 15.1 Å². The summed E-state index contributed by atoms with van der Waals surface area (Å²) in [4.78, 5) is 10.4. The first-order valence-electron chi connectivity index (χ1n) is 5.99. The second-order valence-corrected chi connectivity index (χ2v) is 6.04. The van der Waals surface area contributed by atoms with E-state index in [9.17, 15) is 20.3 Å². The highest BCUT2D eigenvalue weighted by molar-refractivity contribution is 5.09. The maximum absolute atomic E-state index is 10.8. The van der Waals surface area contributed by atoms with Gasteiger partial charge in [0.2, 0.25) is 6.54 Å². The first-order chi connectivity index (χ1) is 7.43. The molecule has 4 bridgehead atoms. The molecule has 2 N–H and O–H groups in total. The summed E-state index contributed by atoms with van der Waals surface area (Å²) in [6, 6.07) is 0. The van der Waals surface area contributed by atoms with E-state index in [-0.39, 0.29) is 17.4 Å². The van der Waals surface area contributed by atoms with Gasteiger partial charge in [0.15, 0.2) is 5.79 Å². The maximum Gasteiger partial charge on any atom is 0.214 e. The molecule has 0 radical (unpaired) electrons. The van der Waals surface area contributed by atoms with Crippen LogP contribution >= 0.6 is 0 Å². The van der Waals surface area contributed by atoms with Crippen LogP contribution in [-0.2, 0) is 0 Å². The zero-order valence-electron chi connectivity index (χ0n) is 9.13. The normalized spacial score (nSPS) is 48.2. The third kappa shape index (κ3) is 1.18. The molecule has 0 aromatic rings. The molecule has 2 unspecified atom stereocenters. The highest BCUT2D eigenvalue weighted by Crippen LogP contribution is 2.63. The Bertz CT molecular complexity index is 327. The number of nitro groups is 1. The monoisotopic (exact) mass is 227 g/mol. The van der Waals surface area contributed by atoms with Gasteiger partial charge in [0, 0.05) is 10.8 Å². The molecule has 0 amide bonds. The fourth-order valence-electron chi connectivity index (χ4n) is 4.64. The van der Waals surface area contributed by atoms with E-state index in [0.717, 1.165) is 19.3 Å². The smallest absolute Gasteiger partial charge is 0.214 e. The molecule has 0 heterocycles. The standard InChI is InChI=1S/C11H17NO4/c13-11(14)9-2-7-1-8(3-9)5-10(11,4-7)6-12(15)16/h7-9,13-14H,1-6H2. The second-order valence-electron chi connectivity index (χ2n) is 6.04. The van der Waals surface area contributed by atoms with Gasteiger partial charge in [0.05, 0.1) is 5.41 Å². The van der Waals surface area contributed by atoms with E-state index in [4.69, 9.17) is 0 Å². The quantitative estimate of drug-likeness (QED) is 0.414. The summed E-state index contributed by atoms with van der Waals surface area (Å²) in [5, 5.41) is 31.2. The van der Waals surface area contributed by atoms with Gasteiger partial charge in [0.25, 0.3) is 0 Å². The van der Waals surface area contributed by atoms with Crippen LogP contribution in [0.1, 0.15) is 32.1 Å². The molecule has 4 saturated carbocycles. The molecule has 5 nitrogen and oxygen atoms in total. The molecule has 0 spiro atoms. The van der Waals surface area contributed by atoms with Gasteiger partial charge in [-0.1, -0.05) is 0 Å². The van der Waals surface area contributed by atoms with Crippen LogP contribution in [0, 0.1) is 33.3 Å². The molecule has 0 saturated heterocycles. The SMILES string of the molecule is O=[N+]([O-])CC12CC3CC(CC(C3)C1(O)O)C2. The van der Waals surface area contributed by atoms with Crippen LogP contribution in [0.25, 0.3) is 0 Å². The van der Waals surface area contributed by atoms with Crippen LogP contribution in [0.5, 0.6) is 0 Å². The molecule has 2 atom stereocenters. The van der Waals surface area contributed by atoms with Crippen LogP contribution < -0.4 is 0 Å². The third-order valence-electron chi connectivity index (χ3n) is 5.04. The molecular formula is C11H17NO4. The summed E-state index contributed by atoms with van der Waals surface area (Å²) in [6.07, 6.45) is 4.04. The first-order valence-corrected chi connectivity index (χ1v) is 5.99. The topological polar surface area (TPSA) is 83.6 Å². The number of rotatable bonds is 2. The molecule has 5 heteroatoms. The van der Waals surface area contributed by atoms with Crippen LogP contribution in [-0.4, -0.2) is 27.5 Å². The van der Waals surface area contributed by atoms with E-state index in [0.29, 0.717) is 24.7 Å². The number of hydrogen-bond acceptors (Lipinski definition) is 4. The van der Waals surface area contributed by atoms with Crippen molar-refractivity contribution in [3.05, 3.63) is 10.1 Å². The maximum atomic E-state index is 10.8. The average Bonchev–Trinajstić information content (AvgIpc) is 2.12. The van der Waals surface area contributed by atoms with Gasteiger partial charge in [-0.05, 0) is 43.9 Å². The Morgan fingerprint density at radius 1 is 1.19 bits per heavy atom. The van der Waals surface area contributed by atoms with Crippen molar-refractivity contribution in [2.45, 2.75) is 37.9 Å². The van der Waals surface area contributed by atoms with E-state index >= 15 is 0 Å². The van der Waals surface area contributed by atoms with Gasteiger partial charge < -0.3 is 10.2 Å². The van der Waals surface area contributed by atoms with Crippen molar-refractivity contribution in [3.8, 4) is 0 Å². The summed E-state index contributed by atoms with van der Waals surface area (Å²) in [6.45, 7) is -0.288.